The van der Waals surface area contributed by atoms with Crippen LogP contribution in [0.25, 0.3) is 0 Å². The molecular weight excluding hydrogens is 250 g/mol. The van der Waals surface area contributed by atoms with E-state index in [2.05, 4.69) is 15.5 Å². The summed E-state index contributed by atoms with van der Waals surface area (Å²) in [5.41, 5.74) is 2.08. The van der Waals surface area contributed by atoms with Crippen LogP contribution < -0.4 is 5.32 Å². The van der Waals surface area contributed by atoms with Crippen molar-refractivity contribution in [1.29, 1.82) is 0 Å². The van der Waals surface area contributed by atoms with E-state index in [0.29, 0.717) is 11.4 Å². The van der Waals surface area contributed by atoms with Gasteiger partial charge in [0.05, 0.1) is 28.2 Å². The first-order chi connectivity index (χ1) is 8.90. The van der Waals surface area contributed by atoms with Crippen LogP contribution in [0.1, 0.15) is 21.9 Å². The lowest BCUT2D eigenvalue weighted by molar-refractivity contribution is -0.384. The molecule has 8 nitrogen and oxygen atoms in total. The molecule has 0 aromatic carbocycles. The second-order valence-electron chi connectivity index (χ2n) is 4.21. The summed E-state index contributed by atoms with van der Waals surface area (Å²) in [5, 5.41) is 20.1. The number of carbonyl (C=O) groups excluding carboxylic acids is 1. The molecule has 0 aliphatic carbocycles. The number of rotatable bonds is 3. The van der Waals surface area contributed by atoms with Crippen molar-refractivity contribution in [2.24, 2.45) is 7.05 Å². The van der Waals surface area contributed by atoms with Gasteiger partial charge < -0.3 is 9.88 Å². The SMILES string of the molecule is Cc1n[nH]c(C)c1NC(=O)c1cc([N+](=O)[O-])cn1C. The van der Waals surface area contributed by atoms with Gasteiger partial charge in [-0.25, -0.2) is 0 Å². The van der Waals surface area contributed by atoms with E-state index in [9.17, 15) is 14.9 Å². The van der Waals surface area contributed by atoms with Gasteiger partial charge in [-0.05, 0) is 13.8 Å². The number of nitrogens with one attached hydrogen (secondary N) is 2. The molecule has 0 radical (unpaired) electrons. The lowest BCUT2D eigenvalue weighted by Crippen LogP contribution is -2.16. The fourth-order valence-electron chi connectivity index (χ4n) is 1.79. The van der Waals surface area contributed by atoms with Crippen LogP contribution >= 0.6 is 0 Å². The van der Waals surface area contributed by atoms with Crippen molar-refractivity contribution in [3.05, 3.63) is 39.5 Å². The van der Waals surface area contributed by atoms with E-state index < -0.39 is 10.8 Å². The number of carbonyl (C=O) groups is 1. The van der Waals surface area contributed by atoms with Crippen LogP contribution in [-0.4, -0.2) is 25.6 Å². The first-order valence-electron chi connectivity index (χ1n) is 5.54. The molecule has 0 fully saturated rings. The molecule has 0 atom stereocenters. The van der Waals surface area contributed by atoms with Gasteiger partial charge in [0.1, 0.15) is 5.69 Å². The molecule has 19 heavy (non-hydrogen) atoms. The number of nitro groups is 1. The van der Waals surface area contributed by atoms with Crippen molar-refractivity contribution >= 4 is 17.3 Å². The summed E-state index contributed by atoms with van der Waals surface area (Å²) in [6.45, 7) is 3.54. The molecule has 2 aromatic heterocycles. The Balaban J connectivity index is 2.28. The Morgan fingerprint density at radius 2 is 2.21 bits per heavy atom. The second-order valence-corrected chi connectivity index (χ2v) is 4.21. The highest BCUT2D eigenvalue weighted by Gasteiger charge is 2.19. The topological polar surface area (TPSA) is 106 Å². The second kappa shape index (κ2) is 4.56. The predicted molar refractivity (Wildman–Crippen MR) is 68.1 cm³/mol. The molecule has 2 rings (SSSR count). The van der Waals surface area contributed by atoms with Gasteiger partial charge in [-0.2, -0.15) is 5.10 Å². The summed E-state index contributed by atoms with van der Waals surface area (Å²) >= 11 is 0. The van der Waals surface area contributed by atoms with Gasteiger partial charge in [-0.3, -0.25) is 20.0 Å². The van der Waals surface area contributed by atoms with E-state index in [1.54, 1.807) is 20.9 Å². The number of amides is 1. The van der Waals surface area contributed by atoms with Gasteiger partial charge in [0.2, 0.25) is 0 Å². The van der Waals surface area contributed by atoms with E-state index in [1.807, 2.05) is 0 Å². The number of aromatic amines is 1. The predicted octanol–water partition coefficient (Wildman–Crippen LogP) is 1.53. The number of anilines is 1. The van der Waals surface area contributed by atoms with Crippen molar-refractivity contribution in [2.75, 3.05) is 5.32 Å². The molecular formula is C11H13N5O3. The maximum absolute atomic E-state index is 12.1. The minimum absolute atomic E-state index is 0.117. The van der Waals surface area contributed by atoms with Crippen molar-refractivity contribution in [1.82, 2.24) is 14.8 Å². The van der Waals surface area contributed by atoms with Crippen molar-refractivity contribution in [3.63, 3.8) is 0 Å². The maximum Gasteiger partial charge on any atom is 0.287 e. The summed E-state index contributed by atoms with van der Waals surface area (Å²) in [6, 6.07) is 1.24. The van der Waals surface area contributed by atoms with Gasteiger partial charge in [0.25, 0.3) is 11.6 Å². The molecule has 1 amide bonds. The largest absolute Gasteiger partial charge is 0.340 e. The van der Waals surface area contributed by atoms with E-state index >= 15 is 0 Å². The summed E-state index contributed by atoms with van der Waals surface area (Å²) in [6.07, 6.45) is 1.30. The third-order valence-electron chi connectivity index (χ3n) is 2.80. The van der Waals surface area contributed by atoms with Gasteiger partial charge in [0, 0.05) is 13.1 Å². The van der Waals surface area contributed by atoms with Crippen LogP contribution in [0.15, 0.2) is 12.3 Å². The summed E-state index contributed by atoms with van der Waals surface area (Å²) in [7, 11) is 1.58. The lowest BCUT2D eigenvalue weighted by Gasteiger charge is -2.05. The highest BCUT2D eigenvalue weighted by molar-refractivity contribution is 6.04. The molecule has 0 saturated heterocycles. The molecule has 0 spiro atoms. The van der Waals surface area contributed by atoms with Crippen LogP contribution in [0, 0.1) is 24.0 Å². The zero-order valence-electron chi connectivity index (χ0n) is 10.7. The van der Waals surface area contributed by atoms with Crippen LogP contribution in [-0.2, 0) is 7.05 Å². The van der Waals surface area contributed by atoms with E-state index in [-0.39, 0.29) is 11.4 Å². The Kier molecular flexibility index (Phi) is 3.07. The summed E-state index contributed by atoms with van der Waals surface area (Å²) in [5.74, 6) is -0.414. The molecule has 100 valence electrons. The molecule has 0 saturated carbocycles. The molecule has 0 unspecified atom stereocenters. The number of nitrogens with zero attached hydrogens (tertiary/aromatic N) is 3. The van der Waals surface area contributed by atoms with Crippen molar-refractivity contribution in [2.45, 2.75) is 13.8 Å². The number of aromatic nitrogens is 3. The normalized spacial score (nSPS) is 10.5. The zero-order chi connectivity index (χ0) is 14.2. The van der Waals surface area contributed by atoms with Crippen LogP contribution in [0.5, 0.6) is 0 Å². The Bertz CT molecular complexity index is 636. The third-order valence-corrected chi connectivity index (χ3v) is 2.80. The quantitative estimate of drug-likeness (QED) is 0.646. The van der Waals surface area contributed by atoms with Crippen LogP contribution in [0.2, 0.25) is 0 Å². The average molecular weight is 263 g/mol. The van der Waals surface area contributed by atoms with Gasteiger partial charge >= 0.3 is 0 Å². The average Bonchev–Trinajstić information content (AvgIpc) is 2.87. The van der Waals surface area contributed by atoms with Crippen LogP contribution in [0.4, 0.5) is 11.4 Å². The number of H-pyrrole nitrogens is 1. The monoisotopic (exact) mass is 263 g/mol. The van der Waals surface area contributed by atoms with Crippen molar-refractivity contribution < 1.29 is 9.72 Å². The Morgan fingerprint density at radius 3 is 2.68 bits per heavy atom. The Morgan fingerprint density at radius 1 is 1.53 bits per heavy atom. The lowest BCUT2D eigenvalue weighted by atomic mass is 10.3. The number of hydrogen-bond donors (Lipinski definition) is 2. The third kappa shape index (κ3) is 2.32. The molecule has 2 heterocycles. The van der Waals surface area contributed by atoms with E-state index in [1.165, 1.54) is 16.8 Å². The Labute approximate surface area is 108 Å². The van der Waals surface area contributed by atoms with Gasteiger partial charge in [-0.15, -0.1) is 0 Å². The smallest absolute Gasteiger partial charge is 0.287 e. The highest BCUT2D eigenvalue weighted by Crippen LogP contribution is 2.20. The molecule has 0 bridgehead atoms. The molecule has 8 heteroatoms. The minimum atomic E-state index is -0.537. The van der Waals surface area contributed by atoms with Crippen LogP contribution in [0.3, 0.4) is 0 Å². The summed E-state index contributed by atoms with van der Waals surface area (Å²) in [4.78, 5) is 22.2. The van der Waals surface area contributed by atoms with E-state index in [0.717, 1.165) is 5.69 Å². The number of aryl methyl sites for hydroxylation is 3. The Hall–Kier alpha value is -2.64. The fourth-order valence-corrected chi connectivity index (χ4v) is 1.79. The highest BCUT2D eigenvalue weighted by atomic mass is 16.6. The first-order valence-corrected chi connectivity index (χ1v) is 5.54. The van der Waals surface area contributed by atoms with Gasteiger partial charge in [0.15, 0.2) is 0 Å². The van der Waals surface area contributed by atoms with E-state index in [4.69, 9.17) is 0 Å². The fraction of sp³-hybridized carbons (Fsp3) is 0.273. The maximum atomic E-state index is 12.1. The minimum Gasteiger partial charge on any atom is -0.340 e. The van der Waals surface area contributed by atoms with Gasteiger partial charge in [-0.1, -0.05) is 0 Å². The molecule has 0 aliphatic heterocycles. The first kappa shape index (κ1) is 12.8. The summed E-state index contributed by atoms with van der Waals surface area (Å²) < 4.78 is 1.41. The molecule has 0 aliphatic rings. The standard InChI is InChI=1S/C11H13N5O3/c1-6-10(7(2)14-13-6)12-11(17)9-4-8(16(18)19)5-15(9)3/h4-5H,1-3H3,(H,12,17)(H,13,14). The zero-order valence-corrected chi connectivity index (χ0v) is 10.7. The molecule has 2 N–H and O–H groups in total. The molecule has 2 aromatic rings. The van der Waals surface area contributed by atoms with Crippen molar-refractivity contribution in [3.8, 4) is 0 Å². The number of hydrogen-bond acceptors (Lipinski definition) is 4.